The van der Waals surface area contributed by atoms with Crippen molar-refractivity contribution in [2.45, 2.75) is 31.8 Å². The maximum Gasteiger partial charge on any atom is 0.248 e. The lowest BCUT2D eigenvalue weighted by Crippen LogP contribution is -2.19. The Labute approximate surface area is 326 Å². The number of rotatable bonds is 14. The van der Waals surface area contributed by atoms with E-state index in [9.17, 15) is 9.59 Å². The number of pyridine rings is 2. The summed E-state index contributed by atoms with van der Waals surface area (Å²) >= 11 is 6.15. The standard InChI is InChI=1S/C23H23N3O2.C21H20ClN3O2/c24-23(27)19-7-9-21(10-8-19)28-22-11-6-17(14-25-22)15-26-13-12-20(16-26)18-4-2-1-3-5-18;22-19-4-2-1-3-16(19)11-12-24-13-15-5-10-20(25-14-15)27-18-8-6-17(7-9-18)21(23)26/h1-11,14,20H,12-13,15-16H2,(H2,24,27);1-10,14,24H,11-13H2,(H2,23,26). The molecule has 5 N–H and O–H groups in total. The maximum atomic E-state index is 11.1. The van der Waals surface area contributed by atoms with Crippen LogP contribution in [0, 0.1) is 0 Å². The molecule has 4 aromatic carbocycles. The first-order chi connectivity index (χ1) is 26.8. The maximum absolute atomic E-state index is 11.1. The summed E-state index contributed by atoms with van der Waals surface area (Å²) in [6.45, 7) is 4.61. The minimum Gasteiger partial charge on any atom is -0.439 e. The summed E-state index contributed by atoms with van der Waals surface area (Å²) in [6.07, 6.45) is 5.70. The van der Waals surface area contributed by atoms with Gasteiger partial charge in [-0.25, -0.2) is 9.97 Å². The molecule has 0 aliphatic carbocycles. The molecule has 1 saturated heterocycles. The summed E-state index contributed by atoms with van der Waals surface area (Å²) in [4.78, 5) is 33.4. The molecular weight excluding hydrogens is 712 g/mol. The molecule has 0 spiro atoms. The van der Waals surface area contributed by atoms with E-state index in [1.165, 1.54) is 17.5 Å². The lowest BCUT2D eigenvalue weighted by molar-refractivity contribution is 0.0992. The number of nitrogens with zero attached hydrogens (tertiary/aromatic N) is 3. The Morgan fingerprint density at radius 2 is 1.27 bits per heavy atom. The number of benzene rings is 4. The van der Waals surface area contributed by atoms with Crippen LogP contribution in [-0.4, -0.2) is 46.3 Å². The molecule has 10 nitrogen and oxygen atoms in total. The van der Waals surface area contributed by atoms with Gasteiger partial charge in [0.05, 0.1) is 0 Å². The molecule has 7 rings (SSSR count). The number of hydrogen-bond donors (Lipinski definition) is 3. The van der Waals surface area contributed by atoms with E-state index in [0.29, 0.717) is 46.8 Å². The summed E-state index contributed by atoms with van der Waals surface area (Å²) in [6, 6.07) is 39.6. The van der Waals surface area contributed by atoms with Crippen molar-refractivity contribution in [1.29, 1.82) is 0 Å². The Balaban J connectivity index is 0.000000187. The smallest absolute Gasteiger partial charge is 0.248 e. The number of aromatic nitrogens is 2. The van der Waals surface area contributed by atoms with Crippen LogP contribution in [0.3, 0.4) is 0 Å². The van der Waals surface area contributed by atoms with Crippen molar-refractivity contribution < 1.29 is 19.1 Å². The molecule has 55 heavy (non-hydrogen) atoms. The fraction of sp³-hybridized carbons (Fsp3) is 0.182. The second-order valence-corrected chi connectivity index (χ2v) is 13.5. The van der Waals surface area contributed by atoms with Gasteiger partial charge >= 0.3 is 0 Å². The van der Waals surface area contributed by atoms with E-state index in [-0.39, 0.29) is 0 Å². The number of likely N-dealkylation sites (tertiary alicyclic amines) is 1. The van der Waals surface area contributed by atoms with Gasteiger partial charge in [0, 0.05) is 60.3 Å². The van der Waals surface area contributed by atoms with Crippen molar-refractivity contribution in [2.75, 3.05) is 19.6 Å². The normalized spacial score (nSPS) is 13.7. The fourth-order valence-electron chi connectivity index (χ4n) is 6.15. The van der Waals surface area contributed by atoms with Gasteiger partial charge in [0.25, 0.3) is 0 Å². The molecule has 1 fully saturated rings. The van der Waals surface area contributed by atoms with Crippen molar-refractivity contribution in [3.63, 3.8) is 0 Å². The highest BCUT2D eigenvalue weighted by Gasteiger charge is 2.23. The Morgan fingerprint density at radius 1 is 0.709 bits per heavy atom. The van der Waals surface area contributed by atoms with E-state index in [1.807, 2.05) is 48.7 Å². The quantitative estimate of drug-likeness (QED) is 0.0952. The number of halogens is 1. The van der Waals surface area contributed by atoms with E-state index < -0.39 is 11.8 Å². The Kier molecular flexibility index (Phi) is 13.6. The summed E-state index contributed by atoms with van der Waals surface area (Å²) < 4.78 is 11.4. The number of nitrogens with one attached hydrogen (secondary N) is 1. The summed E-state index contributed by atoms with van der Waals surface area (Å²) in [5.74, 6) is 1.92. The van der Waals surface area contributed by atoms with Crippen LogP contribution >= 0.6 is 11.6 Å². The van der Waals surface area contributed by atoms with Crippen LogP contribution in [0.5, 0.6) is 23.3 Å². The molecule has 0 saturated carbocycles. The lowest BCUT2D eigenvalue weighted by Gasteiger charge is -2.16. The van der Waals surface area contributed by atoms with Gasteiger partial charge in [-0.3, -0.25) is 14.5 Å². The Hall–Kier alpha value is -6.07. The zero-order valence-corrected chi connectivity index (χ0v) is 31.1. The molecule has 1 unspecified atom stereocenters. The summed E-state index contributed by atoms with van der Waals surface area (Å²) in [7, 11) is 0. The van der Waals surface area contributed by atoms with Gasteiger partial charge in [-0.1, -0.05) is 72.3 Å². The number of amides is 2. The first-order valence-electron chi connectivity index (χ1n) is 18.1. The van der Waals surface area contributed by atoms with Gasteiger partial charge in [0.1, 0.15) is 11.5 Å². The third kappa shape index (κ3) is 11.7. The van der Waals surface area contributed by atoms with Crippen LogP contribution in [0.25, 0.3) is 0 Å². The molecule has 0 radical (unpaired) electrons. The molecule has 2 aromatic heterocycles. The topological polar surface area (TPSA) is 146 Å². The first kappa shape index (κ1) is 38.6. The molecule has 0 bridgehead atoms. The van der Waals surface area contributed by atoms with Crippen LogP contribution in [0.15, 0.2) is 140 Å². The molecular formula is C44H43ClN6O4. The average Bonchev–Trinajstić information content (AvgIpc) is 3.68. The molecule has 6 aromatic rings. The Morgan fingerprint density at radius 3 is 1.82 bits per heavy atom. The third-order valence-electron chi connectivity index (χ3n) is 9.13. The number of carbonyl (C=O) groups excluding carboxylic acids is 2. The van der Waals surface area contributed by atoms with E-state index in [4.69, 9.17) is 32.5 Å². The third-order valence-corrected chi connectivity index (χ3v) is 9.49. The SMILES string of the molecule is NC(=O)c1ccc(Oc2ccc(CN3CCC(c4ccccc4)C3)cn2)cc1.NC(=O)c1ccc(Oc2ccc(CNCCc3ccccc3Cl)cn2)cc1. The van der Waals surface area contributed by atoms with Crippen molar-refractivity contribution in [2.24, 2.45) is 11.5 Å². The zero-order chi connectivity index (χ0) is 38.4. The molecule has 2 amide bonds. The average molecular weight is 755 g/mol. The molecule has 11 heteroatoms. The summed E-state index contributed by atoms with van der Waals surface area (Å²) in [5, 5.41) is 4.18. The number of carbonyl (C=O) groups is 2. The monoisotopic (exact) mass is 754 g/mol. The van der Waals surface area contributed by atoms with Gasteiger partial charge < -0.3 is 26.3 Å². The van der Waals surface area contributed by atoms with Gasteiger partial charge in [0.15, 0.2) is 0 Å². The van der Waals surface area contributed by atoms with Crippen molar-refractivity contribution in [3.05, 3.63) is 178 Å². The number of hydrogen-bond acceptors (Lipinski definition) is 8. The van der Waals surface area contributed by atoms with Crippen molar-refractivity contribution in [1.82, 2.24) is 20.2 Å². The number of ether oxygens (including phenoxy) is 2. The second kappa shape index (κ2) is 19.3. The van der Waals surface area contributed by atoms with Gasteiger partial charge in [-0.05, 0) is 109 Å². The van der Waals surface area contributed by atoms with Gasteiger partial charge in [-0.15, -0.1) is 0 Å². The molecule has 1 aliphatic heterocycles. The van der Waals surface area contributed by atoms with Crippen LogP contribution in [-0.2, 0) is 19.5 Å². The highest BCUT2D eigenvalue weighted by atomic mass is 35.5. The van der Waals surface area contributed by atoms with Gasteiger partial charge in [0.2, 0.25) is 23.6 Å². The van der Waals surface area contributed by atoms with E-state index in [2.05, 4.69) is 56.6 Å². The first-order valence-corrected chi connectivity index (χ1v) is 18.4. The molecule has 1 aliphatic rings. The number of primary amides is 2. The van der Waals surface area contributed by atoms with Crippen molar-refractivity contribution in [3.8, 4) is 23.3 Å². The largest absolute Gasteiger partial charge is 0.439 e. The Bertz CT molecular complexity index is 2130. The summed E-state index contributed by atoms with van der Waals surface area (Å²) in [5.41, 5.74) is 16.1. The predicted molar refractivity (Wildman–Crippen MR) is 214 cm³/mol. The van der Waals surface area contributed by atoms with Gasteiger partial charge in [-0.2, -0.15) is 0 Å². The minimum absolute atomic E-state index is 0.438. The number of nitrogens with two attached hydrogens (primary N) is 2. The lowest BCUT2D eigenvalue weighted by atomic mass is 9.99. The zero-order valence-electron chi connectivity index (χ0n) is 30.3. The van der Waals surface area contributed by atoms with Crippen LogP contribution in [0.4, 0.5) is 0 Å². The van der Waals surface area contributed by atoms with E-state index >= 15 is 0 Å². The van der Waals surface area contributed by atoms with Crippen LogP contribution in [0.2, 0.25) is 5.02 Å². The van der Waals surface area contributed by atoms with Crippen molar-refractivity contribution >= 4 is 23.4 Å². The molecule has 3 heterocycles. The van der Waals surface area contributed by atoms with E-state index in [1.54, 1.807) is 54.7 Å². The molecule has 280 valence electrons. The van der Waals surface area contributed by atoms with Crippen LogP contribution in [0.1, 0.15) is 55.3 Å². The minimum atomic E-state index is -0.467. The molecule has 1 atom stereocenters. The van der Waals surface area contributed by atoms with E-state index in [0.717, 1.165) is 48.7 Å². The highest BCUT2D eigenvalue weighted by Crippen LogP contribution is 2.28. The predicted octanol–water partition coefficient (Wildman–Crippen LogP) is 7.92. The van der Waals surface area contributed by atoms with Crippen LogP contribution < -0.4 is 26.3 Å². The fourth-order valence-corrected chi connectivity index (χ4v) is 6.38. The second-order valence-electron chi connectivity index (χ2n) is 13.1. The highest BCUT2D eigenvalue weighted by molar-refractivity contribution is 6.31.